The zero-order chi connectivity index (χ0) is 17.2. The van der Waals surface area contributed by atoms with E-state index in [0.717, 1.165) is 12.6 Å². The third-order valence-electron chi connectivity index (χ3n) is 3.66. The fraction of sp³-hybridized carbons (Fsp3) is 0.286. The zero-order valence-corrected chi connectivity index (χ0v) is 15.3. The van der Waals surface area contributed by atoms with E-state index in [1.165, 1.54) is 17.5 Å². The predicted octanol–water partition coefficient (Wildman–Crippen LogP) is 4.26. The maximum Gasteiger partial charge on any atom is 0.302 e. The standard InChI is InChI=1S/C21H25O2P/c1-18(11-9-10-16-23-19(2)22)17-24(20-12-5-3-6-13-20)21-14-7-4-8-15-21/h3-9,11-15,18H,10,16-17H2,1-2H3. The van der Waals surface area contributed by atoms with Gasteiger partial charge in [-0.1, -0.05) is 79.7 Å². The molecule has 0 aromatic heterocycles. The number of allylic oxidation sites excluding steroid dienone is 1. The van der Waals surface area contributed by atoms with Crippen LogP contribution in [0.3, 0.4) is 0 Å². The van der Waals surface area contributed by atoms with Crippen LogP contribution in [0, 0.1) is 5.92 Å². The van der Waals surface area contributed by atoms with Crippen molar-refractivity contribution in [1.82, 2.24) is 0 Å². The SMILES string of the molecule is CC(=O)OCCC=CC(C)CP(c1ccccc1)c1ccccc1. The summed E-state index contributed by atoms with van der Waals surface area (Å²) in [5.74, 6) is 0.266. The third-order valence-corrected chi connectivity index (χ3v) is 6.44. The van der Waals surface area contributed by atoms with Crippen LogP contribution in [0.1, 0.15) is 20.3 Å². The van der Waals surface area contributed by atoms with Gasteiger partial charge in [-0.25, -0.2) is 0 Å². The van der Waals surface area contributed by atoms with Gasteiger partial charge in [0.15, 0.2) is 0 Å². The largest absolute Gasteiger partial charge is 0.466 e. The van der Waals surface area contributed by atoms with Gasteiger partial charge < -0.3 is 4.74 Å². The third kappa shape index (κ3) is 6.29. The zero-order valence-electron chi connectivity index (χ0n) is 14.4. The van der Waals surface area contributed by atoms with Crippen molar-refractivity contribution in [1.29, 1.82) is 0 Å². The molecule has 2 aromatic carbocycles. The van der Waals surface area contributed by atoms with E-state index < -0.39 is 0 Å². The van der Waals surface area contributed by atoms with Crippen LogP contribution in [0.15, 0.2) is 72.8 Å². The molecule has 2 nitrogen and oxygen atoms in total. The van der Waals surface area contributed by atoms with E-state index in [1.54, 1.807) is 0 Å². The molecule has 126 valence electrons. The Bertz CT molecular complexity index is 598. The molecule has 1 atom stereocenters. The summed E-state index contributed by atoms with van der Waals surface area (Å²) in [5.41, 5.74) is 0. The molecule has 0 heterocycles. The second-order valence-electron chi connectivity index (χ2n) is 5.82. The number of carbonyl (C=O) groups is 1. The molecule has 0 aliphatic rings. The topological polar surface area (TPSA) is 26.3 Å². The van der Waals surface area contributed by atoms with Gasteiger partial charge in [-0.3, -0.25) is 4.79 Å². The molecule has 0 radical (unpaired) electrons. The summed E-state index contributed by atoms with van der Waals surface area (Å²) >= 11 is 0. The lowest BCUT2D eigenvalue weighted by atomic mass is 10.2. The second-order valence-corrected chi connectivity index (χ2v) is 8.07. The molecule has 2 rings (SSSR count). The maximum absolute atomic E-state index is 10.8. The molecule has 0 amide bonds. The second kappa shape index (κ2) is 10.1. The highest BCUT2D eigenvalue weighted by Crippen LogP contribution is 2.36. The van der Waals surface area contributed by atoms with Crippen molar-refractivity contribution in [3.63, 3.8) is 0 Å². The van der Waals surface area contributed by atoms with E-state index in [9.17, 15) is 4.79 Å². The summed E-state index contributed by atoms with van der Waals surface area (Å²) in [6.45, 7) is 4.16. The summed E-state index contributed by atoms with van der Waals surface area (Å²) in [6, 6.07) is 21.5. The average Bonchev–Trinajstić information content (AvgIpc) is 2.60. The van der Waals surface area contributed by atoms with Crippen LogP contribution < -0.4 is 10.6 Å². The molecular weight excluding hydrogens is 315 g/mol. The number of esters is 1. The van der Waals surface area contributed by atoms with E-state index in [0.29, 0.717) is 12.5 Å². The first-order chi connectivity index (χ1) is 11.7. The highest BCUT2D eigenvalue weighted by atomic mass is 31.1. The van der Waals surface area contributed by atoms with E-state index >= 15 is 0 Å². The average molecular weight is 340 g/mol. The van der Waals surface area contributed by atoms with Gasteiger partial charge in [-0.2, -0.15) is 0 Å². The van der Waals surface area contributed by atoms with Crippen molar-refractivity contribution in [2.75, 3.05) is 12.8 Å². The molecule has 0 spiro atoms. The molecule has 0 aliphatic heterocycles. The quantitative estimate of drug-likeness (QED) is 0.311. The van der Waals surface area contributed by atoms with Crippen molar-refractivity contribution < 1.29 is 9.53 Å². The number of rotatable bonds is 8. The van der Waals surface area contributed by atoms with Gasteiger partial charge >= 0.3 is 5.97 Å². The number of hydrogen-bond acceptors (Lipinski definition) is 2. The number of hydrogen-bond donors (Lipinski definition) is 0. The minimum Gasteiger partial charge on any atom is -0.466 e. The van der Waals surface area contributed by atoms with Crippen LogP contribution in [0.4, 0.5) is 0 Å². The van der Waals surface area contributed by atoms with Gasteiger partial charge in [0.1, 0.15) is 0 Å². The first kappa shape index (κ1) is 18.4. The highest BCUT2D eigenvalue weighted by molar-refractivity contribution is 7.73. The Morgan fingerprint density at radius 2 is 1.58 bits per heavy atom. The summed E-state index contributed by atoms with van der Waals surface area (Å²) in [7, 11) is -0.362. The molecular formula is C21H25O2P. The van der Waals surface area contributed by atoms with Crippen molar-refractivity contribution >= 4 is 24.5 Å². The molecule has 0 saturated heterocycles. The normalized spacial score (nSPS) is 12.5. The highest BCUT2D eigenvalue weighted by Gasteiger charge is 2.15. The number of carbonyl (C=O) groups excluding carboxylic acids is 1. The Morgan fingerprint density at radius 3 is 2.08 bits per heavy atom. The monoisotopic (exact) mass is 340 g/mol. The minimum atomic E-state index is -0.362. The lowest BCUT2D eigenvalue weighted by molar-refractivity contribution is -0.140. The van der Waals surface area contributed by atoms with Crippen LogP contribution in [-0.4, -0.2) is 18.7 Å². The summed E-state index contributed by atoms with van der Waals surface area (Å²) in [4.78, 5) is 10.8. The van der Waals surface area contributed by atoms with Crippen LogP contribution in [0.2, 0.25) is 0 Å². The van der Waals surface area contributed by atoms with Crippen LogP contribution in [0.5, 0.6) is 0 Å². The van der Waals surface area contributed by atoms with Crippen LogP contribution in [-0.2, 0) is 9.53 Å². The minimum absolute atomic E-state index is 0.215. The molecule has 24 heavy (non-hydrogen) atoms. The van der Waals surface area contributed by atoms with Crippen LogP contribution in [0.25, 0.3) is 0 Å². The molecule has 0 bridgehead atoms. The van der Waals surface area contributed by atoms with Gasteiger partial charge in [0.05, 0.1) is 6.61 Å². The predicted molar refractivity (Wildman–Crippen MR) is 103 cm³/mol. The Labute approximate surface area is 146 Å². The van der Waals surface area contributed by atoms with E-state index in [2.05, 4.69) is 79.7 Å². The van der Waals surface area contributed by atoms with Crippen molar-refractivity contribution in [3.8, 4) is 0 Å². The summed E-state index contributed by atoms with van der Waals surface area (Å²) in [5, 5.41) is 2.83. The fourth-order valence-corrected chi connectivity index (χ4v) is 5.01. The van der Waals surface area contributed by atoms with E-state index in [4.69, 9.17) is 4.74 Å². The molecule has 0 saturated carbocycles. The maximum atomic E-state index is 10.8. The van der Waals surface area contributed by atoms with E-state index in [1.807, 2.05) is 0 Å². The Morgan fingerprint density at radius 1 is 1.04 bits per heavy atom. The van der Waals surface area contributed by atoms with Crippen molar-refractivity contribution in [2.24, 2.45) is 5.92 Å². The smallest absolute Gasteiger partial charge is 0.302 e. The molecule has 0 N–H and O–H groups in total. The Balaban J connectivity index is 2.01. The van der Waals surface area contributed by atoms with Crippen LogP contribution >= 0.6 is 7.92 Å². The van der Waals surface area contributed by atoms with Gasteiger partial charge in [0.2, 0.25) is 0 Å². The van der Waals surface area contributed by atoms with Gasteiger partial charge in [0.25, 0.3) is 0 Å². The van der Waals surface area contributed by atoms with E-state index in [-0.39, 0.29) is 13.9 Å². The molecule has 0 fully saturated rings. The molecule has 2 aromatic rings. The molecule has 0 aliphatic carbocycles. The first-order valence-corrected chi connectivity index (χ1v) is 9.87. The van der Waals surface area contributed by atoms with Gasteiger partial charge in [-0.05, 0) is 37.0 Å². The number of benzene rings is 2. The number of ether oxygens (including phenoxy) is 1. The lowest BCUT2D eigenvalue weighted by Crippen LogP contribution is -2.16. The van der Waals surface area contributed by atoms with Gasteiger partial charge in [-0.15, -0.1) is 0 Å². The Kier molecular flexibility index (Phi) is 7.71. The van der Waals surface area contributed by atoms with Crippen molar-refractivity contribution in [2.45, 2.75) is 20.3 Å². The summed E-state index contributed by atoms with van der Waals surface area (Å²) < 4.78 is 4.96. The van der Waals surface area contributed by atoms with Crippen molar-refractivity contribution in [3.05, 3.63) is 72.8 Å². The first-order valence-electron chi connectivity index (χ1n) is 8.34. The Hall–Kier alpha value is -1.92. The fourth-order valence-electron chi connectivity index (χ4n) is 2.52. The molecule has 1 unspecified atom stereocenters. The molecule has 3 heteroatoms. The van der Waals surface area contributed by atoms with Gasteiger partial charge in [0, 0.05) is 6.92 Å². The lowest BCUT2D eigenvalue weighted by Gasteiger charge is -2.21. The summed E-state index contributed by atoms with van der Waals surface area (Å²) in [6.07, 6.45) is 6.26.